The number of benzene rings is 1. The number of rotatable bonds is 0. The Morgan fingerprint density at radius 2 is 2.00 bits per heavy atom. The van der Waals surface area contributed by atoms with Crippen LogP contribution in [-0.4, -0.2) is 24.0 Å². The van der Waals surface area contributed by atoms with E-state index >= 15 is 0 Å². The molecule has 3 fully saturated rings. The van der Waals surface area contributed by atoms with Gasteiger partial charge in [0.05, 0.1) is 13.1 Å². The molecule has 88 valence electrons. The molecule has 4 heterocycles. The van der Waals surface area contributed by atoms with Crippen molar-refractivity contribution in [3.63, 3.8) is 0 Å². The lowest BCUT2D eigenvalue weighted by Crippen LogP contribution is -3.16. The maximum Gasteiger partial charge on any atom is 0.287 e. The maximum atomic E-state index is 10.8. The van der Waals surface area contributed by atoms with Crippen LogP contribution in [0.25, 0.3) is 6.08 Å². The van der Waals surface area contributed by atoms with Gasteiger partial charge in [0.2, 0.25) is 0 Å². The highest BCUT2D eigenvalue weighted by atomic mass is 16.6. The first-order valence-corrected chi connectivity index (χ1v) is 6.35. The topological polar surface area (TPSA) is 33.9 Å². The Morgan fingerprint density at radius 3 is 2.82 bits per heavy atom. The summed E-state index contributed by atoms with van der Waals surface area (Å²) in [6, 6.07) is 7.95. The van der Waals surface area contributed by atoms with Crippen LogP contribution in [0.15, 0.2) is 30.0 Å². The number of para-hydroxylation sites is 1. The van der Waals surface area contributed by atoms with Crippen molar-refractivity contribution in [3.8, 4) is 5.75 Å². The number of hydrogen-bond acceptors (Lipinski definition) is 2. The molecule has 0 radical (unpaired) electrons. The summed E-state index contributed by atoms with van der Waals surface area (Å²) >= 11 is 0. The van der Waals surface area contributed by atoms with Gasteiger partial charge in [-0.15, -0.1) is 0 Å². The Balaban J connectivity index is 1.90. The van der Waals surface area contributed by atoms with Crippen LogP contribution in [0.5, 0.6) is 5.75 Å². The molecule has 1 aromatic carbocycles. The molecule has 4 aliphatic heterocycles. The predicted octanol–water partition coefficient (Wildman–Crippen LogP) is 0.417. The highest BCUT2D eigenvalue weighted by molar-refractivity contribution is 5.62. The second kappa shape index (κ2) is 3.12. The van der Waals surface area contributed by atoms with E-state index in [4.69, 9.17) is 4.74 Å². The molecule has 0 spiro atoms. The van der Waals surface area contributed by atoms with Crippen LogP contribution in [0, 0.1) is 5.92 Å². The summed E-state index contributed by atoms with van der Waals surface area (Å²) in [7, 11) is 0. The van der Waals surface area contributed by atoms with E-state index in [1.807, 2.05) is 24.3 Å². The molecule has 0 aromatic heterocycles. The lowest BCUT2D eigenvalue weighted by molar-refractivity contribution is -0.888. The lowest BCUT2D eigenvalue weighted by Gasteiger charge is -2.49. The Morgan fingerprint density at radius 1 is 1.24 bits per heavy atom. The van der Waals surface area contributed by atoms with E-state index in [9.17, 15) is 5.11 Å². The van der Waals surface area contributed by atoms with Gasteiger partial charge in [-0.25, -0.2) is 0 Å². The van der Waals surface area contributed by atoms with Crippen molar-refractivity contribution in [2.45, 2.75) is 18.6 Å². The maximum absolute atomic E-state index is 10.8. The average Bonchev–Trinajstić information content (AvgIpc) is 2.37. The zero-order chi connectivity index (χ0) is 11.5. The molecule has 4 aliphatic rings. The van der Waals surface area contributed by atoms with Crippen LogP contribution in [0.3, 0.4) is 0 Å². The minimum Gasteiger partial charge on any atom is -0.452 e. The van der Waals surface area contributed by atoms with Gasteiger partial charge >= 0.3 is 0 Å². The SMILES string of the molecule is O[C@@]12Oc3ccccc3C=C1[NH+]1CCC2CC1. The number of quaternary nitrogens is 1. The Labute approximate surface area is 100 Å². The van der Waals surface area contributed by atoms with Gasteiger partial charge in [-0.1, -0.05) is 18.2 Å². The lowest BCUT2D eigenvalue weighted by atomic mass is 9.79. The van der Waals surface area contributed by atoms with Gasteiger partial charge in [0.1, 0.15) is 5.75 Å². The van der Waals surface area contributed by atoms with Crippen molar-refractivity contribution in [1.29, 1.82) is 0 Å². The first kappa shape index (κ1) is 9.68. The van der Waals surface area contributed by atoms with Crippen molar-refractivity contribution >= 4 is 6.08 Å². The van der Waals surface area contributed by atoms with Gasteiger partial charge in [-0.05, 0) is 6.07 Å². The molecule has 3 nitrogen and oxygen atoms in total. The van der Waals surface area contributed by atoms with Crippen molar-refractivity contribution in [2.75, 3.05) is 13.1 Å². The first-order chi connectivity index (χ1) is 8.27. The monoisotopic (exact) mass is 230 g/mol. The summed E-state index contributed by atoms with van der Waals surface area (Å²) in [6.45, 7) is 2.26. The zero-order valence-corrected chi connectivity index (χ0v) is 9.65. The van der Waals surface area contributed by atoms with Crippen LogP contribution in [-0.2, 0) is 0 Å². The summed E-state index contributed by atoms with van der Waals surface area (Å²) in [5.74, 6) is 0.0340. The molecule has 3 heteroatoms. The molecule has 2 N–H and O–H groups in total. The fraction of sp³-hybridized carbons (Fsp3) is 0.429. The fourth-order valence-electron chi connectivity index (χ4n) is 3.46. The van der Waals surface area contributed by atoms with Gasteiger partial charge in [-0.2, -0.15) is 0 Å². The molecule has 0 unspecified atom stereocenters. The molecule has 0 amide bonds. The number of piperidine rings is 3. The second-order valence-electron chi connectivity index (χ2n) is 5.27. The first-order valence-electron chi connectivity index (χ1n) is 6.35. The van der Waals surface area contributed by atoms with Gasteiger partial charge in [0.15, 0.2) is 5.70 Å². The summed E-state index contributed by atoms with van der Waals surface area (Å²) in [6.07, 6.45) is 4.25. The zero-order valence-electron chi connectivity index (χ0n) is 9.65. The second-order valence-corrected chi connectivity index (χ2v) is 5.27. The molecule has 0 saturated carbocycles. The van der Waals surface area contributed by atoms with Crippen LogP contribution in [0.2, 0.25) is 0 Å². The minimum absolute atomic E-state index is 0.264. The largest absolute Gasteiger partial charge is 0.452 e. The standard InChI is InChI=1S/C14H15NO2/c16-14-11-5-7-15(8-6-11)13(14)9-10-3-1-2-4-12(10)17-14/h1-4,9,11,16H,5-8H2/p+1/t14-/m0/s1. The third kappa shape index (κ3) is 1.18. The smallest absolute Gasteiger partial charge is 0.287 e. The molecule has 5 rings (SSSR count). The summed E-state index contributed by atoms with van der Waals surface area (Å²) in [5.41, 5.74) is 2.13. The van der Waals surface area contributed by atoms with Gasteiger partial charge in [0.25, 0.3) is 5.79 Å². The van der Waals surface area contributed by atoms with E-state index in [1.165, 1.54) is 4.90 Å². The third-order valence-corrected chi connectivity index (χ3v) is 4.39. The summed E-state index contributed by atoms with van der Waals surface area (Å²) in [4.78, 5) is 1.39. The predicted molar refractivity (Wildman–Crippen MR) is 63.4 cm³/mol. The fourth-order valence-corrected chi connectivity index (χ4v) is 3.46. The molecule has 3 saturated heterocycles. The summed E-state index contributed by atoms with van der Waals surface area (Å²) in [5, 5.41) is 10.8. The normalized spacial score (nSPS) is 37.8. The van der Waals surface area contributed by atoms with E-state index in [-0.39, 0.29) is 5.92 Å². The quantitative estimate of drug-likeness (QED) is 0.677. The van der Waals surface area contributed by atoms with Crippen molar-refractivity contribution in [1.82, 2.24) is 0 Å². The third-order valence-electron chi connectivity index (χ3n) is 4.39. The highest BCUT2D eigenvalue weighted by Crippen LogP contribution is 2.41. The van der Waals surface area contributed by atoms with E-state index < -0.39 is 5.79 Å². The van der Waals surface area contributed by atoms with Crippen molar-refractivity contribution < 1.29 is 14.7 Å². The molecule has 1 atom stereocenters. The van der Waals surface area contributed by atoms with Gasteiger partial charge in [-0.3, -0.25) is 0 Å². The Hall–Kier alpha value is -1.32. The molecule has 2 bridgehead atoms. The van der Waals surface area contributed by atoms with Crippen molar-refractivity contribution in [3.05, 3.63) is 35.5 Å². The number of fused-ring (bicyclic) bond motifs is 3. The van der Waals surface area contributed by atoms with Crippen LogP contribution < -0.4 is 9.64 Å². The van der Waals surface area contributed by atoms with Crippen molar-refractivity contribution in [2.24, 2.45) is 5.92 Å². The number of ether oxygens (including phenoxy) is 1. The molecular formula is C14H16NO2+. The molecule has 0 aliphatic carbocycles. The van der Waals surface area contributed by atoms with Gasteiger partial charge < -0.3 is 14.7 Å². The van der Waals surface area contributed by atoms with E-state index in [1.54, 1.807) is 0 Å². The Kier molecular flexibility index (Phi) is 1.78. The summed E-state index contributed by atoms with van der Waals surface area (Å²) < 4.78 is 5.92. The molecular weight excluding hydrogens is 214 g/mol. The highest BCUT2D eigenvalue weighted by Gasteiger charge is 2.57. The minimum atomic E-state index is -1.04. The van der Waals surface area contributed by atoms with Crippen LogP contribution in [0.4, 0.5) is 0 Å². The van der Waals surface area contributed by atoms with Gasteiger partial charge in [0, 0.05) is 30.4 Å². The average molecular weight is 230 g/mol. The van der Waals surface area contributed by atoms with Crippen LogP contribution >= 0.6 is 0 Å². The van der Waals surface area contributed by atoms with E-state index in [2.05, 4.69) is 6.08 Å². The van der Waals surface area contributed by atoms with Crippen LogP contribution in [0.1, 0.15) is 18.4 Å². The molecule has 1 aromatic rings. The number of aliphatic hydroxyl groups is 1. The molecule has 17 heavy (non-hydrogen) atoms. The number of hydrogen-bond donors (Lipinski definition) is 2. The van der Waals surface area contributed by atoms with E-state index in [0.29, 0.717) is 0 Å². The van der Waals surface area contributed by atoms with E-state index in [0.717, 1.165) is 42.9 Å². The number of nitrogens with one attached hydrogen (secondary N) is 1. The Bertz CT molecular complexity index is 503.